The molecule has 1 aliphatic rings. The Morgan fingerprint density at radius 2 is 2.00 bits per heavy atom. The maximum absolute atomic E-state index is 12.4. The minimum Gasteiger partial charge on any atom is -0.476 e. The quantitative estimate of drug-likeness (QED) is 0.769. The number of carbonyl (C=O) groups is 1. The summed E-state index contributed by atoms with van der Waals surface area (Å²) in [6, 6.07) is 6.41. The van der Waals surface area contributed by atoms with Crippen molar-refractivity contribution < 1.29 is 27.6 Å². The average Bonchev–Trinajstić information content (AvgIpc) is 3.16. The summed E-state index contributed by atoms with van der Waals surface area (Å²) in [5.41, 5.74) is 6.28. The second kappa shape index (κ2) is 5.85. The van der Waals surface area contributed by atoms with Crippen molar-refractivity contribution in [1.82, 2.24) is 26.1 Å². The summed E-state index contributed by atoms with van der Waals surface area (Å²) < 4.78 is 41.5. The van der Waals surface area contributed by atoms with Crippen LogP contribution in [0.3, 0.4) is 0 Å². The van der Waals surface area contributed by atoms with Gasteiger partial charge in [-0.1, -0.05) is 29.4 Å². The standard InChI is InChI=1S/C13H10F3N5O3/c14-13(15,16)12-17-10(19-24-12)8-3-1-7(2-4-8)5-21-6-9(11(22)23)18-20-21/h1-4,6,18,20H,5H2,(H,22,23). The molecule has 0 spiro atoms. The van der Waals surface area contributed by atoms with Gasteiger partial charge in [0, 0.05) is 5.56 Å². The lowest BCUT2D eigenvalue weighted by molar-refractivity contribution is -0.159. The molecule has 0 radical (unpaired) electrons. The molecular formula is C13H10F3N5O3. The number of nitrogens with one attached hydrogen (secondary N) is 2. The molecule has 0 unspecified atom stereocenters. The summed E-state index contributed by atoms with van der Waals surface area (Å²) >= 11 is 0. The third-order valence-electron chi connectivity index (χ3n) is 3.08. The van der Waals surface area contributed by atoms with Crippen LogP contribution in [0.15, 0.2) is 40.7 Å². The Hall–Kier alpha value is -3.08. The van der Waals surface area contributed by atoms with Gasteiger partial charge in [-0.05, 0) is 5.56 Å². The molecule has 2 aromatic rings. The highest BCUT2D eigenvalue weighted by Gasteiger charge is 2.38. The number of rotatable bonds is 4. The summed E-state index contributed by atoms with van der Waals surface area (Å²) in [6.07, 6.45) is -3.31. The number of hydrazine groups is 2. The van der Waals surface area contributed by atoms with Gasteiger partial charge in [0.05, 0.1) is 12.7 Å². The van der Waals surface area contributed by atoms with Gasteiger partial charge >= 0.3 is 18.0 Å². The Kier molecular flexibility index (Phi) is 3.85. The Labute approximate surface area is 132 Å². The van der Waals surface area contributed by atoms with Gasteiger partial charge in [0.25, 0.3) is 0 Å². The minimum atomic E-state index is -4.69. The number of carboxylic acid groups (broad SMARTS) is 1. The van der Waals surface area contributed by atoms with E-state index in [0.29, 0.717) is 12.1 Å². The first kappa shape index (κ1) is 15.8. The number of halogens is 3. The van der Waals surface area contributed by atoms with Crippen LogP contribution in [0.4, 0.5) is 13.2 Å². The van der Waals surface area contributed by atoms with Crippen LogP contribution >= 0.6 is 0 Å². The molecule has 0 saturated heterocycles. The molecule has 0 atom stereocenters. The van der Waals surface area contributed by atoms with E-state index in [9.17, 15) is 18.0 Å². The van der Waals surface area contributed by atoms with Crippen molar-refractivity contribution >= 4 is 5.97 Å². The van der Waals surface area contributed by atoms with Gasteiger partial charge in [0.1, 0.15) is 0 Å². The first-order valence-electron chi connectivity index (χ1n) is 6.56. The molecule has 2 heterocycles. The van der Waals surface area contributed by atoms with Crippen molar-refractivity contribution in [2.24, 2.45) is 0 Å². The van der Waals surface area contributed by atoms with Crippen molar-refractivity contribution in [3.8, 4) is 11.4 Å². The summed E-state index contributed by atoms with van der Waals surface area (Å²) in [5.74, 6) is -2.67. The zero-order valence-electron chi connectivity index (χ0n) is 11.8. The smallest absolute Gasteiger partial charge is 0.471 e. The molecule has 1 aliphatic heterocycles. The number of aliphatic carboxylic acids is 1. The monoisotopic (exact) mass is 341 g/mol. The number of alkyl halides is 3. The molecule has 126 valence electrons. The predicted molar refractivity (Wildman–Crippen MR) is 72.3 cm³/mol. The van der Waals surface area contributed by atoms with Crippen molar-refractivity contribution in [3.05, 3.63) is 47.6 Å². The first-order chi connectivity index (χ1) is 11.3. The lowest BCUT2D eigenvalue weighted by Crippen LogP contribution is -2.36. The Morgan fingerprint density at radius 1 is 1.29 bits per heavy atom. The molecule has 0 aliphatic carbocycles. The fraction of sp³-hybridized carbons (Fsp3) is 0.154. The first-order valence-corrected chi connectivity index (χ1v) is 6.56. The van der Waals surface area contributed by atoms with Gasteiger partial charge in [0.2, 0.25) is 5.82 Å². The zero-order chi connectivity index (χ0) is 17.3. The minimum absolute atomic E-state index is 0.00176. The molecule has 8 nitrogen and oxygen atoms in total. The van der Waals surface area contributed by atoms with Crippen molar-refractivity contribution in [1.29, 1.82) is 0 Å². The largest absolute Gasteiger partial charge is 0.476 e. The van der Waals surface area contributed by atoms with Gasteiger partial charge in [-0.3, -0.25) is 10.4 Å². The average molecular weight is 341 g/mol. The maximum atomic E-state index is 12.4. The lowest BCUT2D eigenvalue weighted by atomic mass is 10.1. The normalized spacial score (nSPS) is 14.5. The number of aromatic nitrogens is 2. The fourth-order valence-corrected chi connectivity index (χ4v) is 1.96. The summed E-state index contributed by atoms with van der Waals surface area (Å²) in [4.78, 5) is 14.1. The van der Waals surface area contributed by atoms with E-state index in [-0.39, 0.29) is 11.5 Å². The highest BCUT2D eigenvalue weighted by Crippen LogP contribution is 2.29. The van der Waals surface area contributed by atoms with E-state index in [1.165, 1.54) is 11.2 Å². The predicted octanol–water partition coefficient (Wildman–Crippen LogP) is 1.51. The molecular weight excluding hydrogens is 331 g/mol. The number of hydrogen-bond donors (Lipinski definition) is 3. The molecule has 1 aromatic carbocycles. The van der Waals surface area contributed by atoms with Crippen LogP contribution in [0.1, 0.15) is 11.5 Å². The zero-order valence-corrected chi connectivity index (χ0v) is 11.8. The summed E-state index contributed by atoms with van der Waals surface area (Å²) in [5, 5.41) is 13.6. The van der Waals surface area contributed by atoms with Crippen molar-refractivity contribution in [2.75, 3.05) is 0 Å². The van der Waals surface area contributed by atoms with Crippen molar-refractivity contribution in [3.63, 3.8) is 0 Å². The van der Waals surface area contributed by atoms with E-state index in [4.69, 9.17) is 5.11 Å². The summed E-state index contributed by atoms with van der Waals surface area (Å²) in [7, 11) is 0. The molecule has 0 saturated carbocycles. The van der Waals surface area contributed by atoms with Gasteiger partial charge in [0.15, 0.2) is 5.70 Å². The molecule has 0 amide bonds. The van der Waals surface area contributed by atoms with Gasteiger partial charge in [-0.2, -0.15) is 18.2 Å². The molecule has 1 aromatic heterocycles. The van der Waals surface area contributed by atoms with Crippen LogP contribution in [-0.2, 0) is 17.5 Å². The Morgan fingerprint density at radius 3 is 2.54 bits per heavy atom. The van der Waals surface area contributed by atoms with Crippen LogP contribution in [0.25, 0.3) is 11.4 Å². The molecule has 0 bridgehead atoms. The Bertz CT molecular complexity index is 785. The van der Waals surface area contributed by atoms with E-state index in [0.717, 1.165) is 5.56 Å². The van der Waals surface area contributed by atoms with E-state index in [2.05, 4.69) is 25.6 Å². The molecule has 11 heteroatoms. The second-order valence-electron chi connectivity index (χ2n) is 4.83. The number of hydrogen-bond acceptors (Lipinski definition) is 7. The fourth-order valence-electron chi connectivity index (χ4n) is 1.96. The molecule has 24 heavy (non-hydrogen) atoms. The van der Waals surface area contributed by atoms with Crippen molar-refractivity contribution in [2.45, 2.75) is 12.7 Å². The van der Waals surface area contributed by atoms with Crippen LogP contribution in [-0.4, -0.2) is 26.2 Å². The van der Waals surface area contributed by atoms with Crippen LogP contribution in [0, 0.1) is 0 Å². The second-order valence-corrected chi connectivity index (χ2v) is 4.83. The molecule has 3 rings (SSSR count). The highest BCUT2D eigenvalue weighted by molar-refractivity contribution is 5.85. The lowest BCUT2D eigenvalue weighted by Gasteiger charge is -2.14. The highest BCUT2D eigenvalue weighted by atomic mass is 19.4. The number of nitrogens with zero attached hydrogens (tertiary/aromatic N) is 3. The van der Waals surface area contributed by atoms with Gasteiger partial charge in [-0.25, -0.2) is 4.79 Å². The van der Waals surface area contributed by atoms with Crippen LogP contribution in [0.5, 0.6) is 0 Å². The Balaban J connectivity index is 1.70. The van der Waals surface area contributed by atoms with Crippen LogP contribution in [0.2, 0.25) is 0 Å². The SMILES string of the molecule is O=C(O)C1=CN(Cc2ccc(-c3noc(C(F)(F)F)n3)cc2)NN1. The third-order valence-corrected chi connectivity index (χ3v) is 3.08. The molecule has 3 N–H and O–H groups in total. The van der Waals surface area contributed by atoms with E-state index >= 15 is 0 Å². The maximum Gasteiger partial charge on any atom is 0.471 e. The van der Waals surface area contributed by atoms with E-state index in [1.807, 2.05) is 0 Å². The number of carboxylic acids is 1. The third kappa shape index (κ3) is 3.30. The number of benzene rings is 1. The van der Waals surface area contributed by atoms with E-state index in [1.54, 1.807) is 24.3 Å². The topological polar surface area (TPSA) is 104 Å². The van der Waals surface area contributed by atoms with Crippen LogP contribution < -0.4 is 11.0 Å². The van der Waals surface area contributed by atoms with Gasteiger partial charge in [-0.15, -0.1) is 5.53 Å². The van der Waals surface area contributed by atoms with E-state index < -0.39 is 18.0 Å². The molecule has 0 fully saturated rings. The van der Waals surface area contributed by atoms with Gasteiger partial charge < -0.3 is 9.63 Å². The summed E-state index contributed by atoms with van der Waals surface area (Å²) in [6.45, 7) is 0.337.